The van der Waals surface area contributed by atoms with Crippen molar-refractivity contribution in [2.24, 2.45) is 7.05 Å². The number of amides is 1. The van der Waals surface area contributed by atoms with Gasteiger partial charge in [-0.1, -0.05) is 0 Å². The van der Waals surface area contributed by atoms with Gasteiger partial charge in [-0.3, -0.25) is 4.79 Å². The van der Waals surface area contributed by atoms with Crippen molar-refractivity contribution in [3.05, 3.63) is 23.5 Å². The highest BCUT2D eigenvalue weighted by Gasteiger charge is 2.02. The molecule has 0 saturated carbocycles. The molecule has 1 rings (SSSR count). The van der Waals surface area contributed by atoms with Gasteiger partial charge in [0.15, 0.2) is 0 Å². The zero-order valence-corrected chi connectivity index (χ0v) is 9.58. The summed E-state index contributed by atoms with van der Waals surface area (Å²) in [5.74, 6) is 0.0262. The second-order valence-electron chi connectivity index (χ2n) is 3.56. The Kier molecular flexibility index (Phi) is 4.55. The molecular formula is C11H16N4O. The summed E-state index contributed by atoms with van der Waals surface area (Å²) < 4.78 is 1.79. The molecule has 0 aromatic carbocycles. The Balaban J connectivity index is 2.33. The molecule has 1 aromatic heterocycles. The van der Waals surface area contributed by atoms with Crippen molar-refractivity contribution < 1.29 is 4.79 Å². The molecule has 0 spiro atoms. The van der Waals surface area contributed by atoms with Crippen LogP contribution in [0.4, 0.5) is 0 Å². The van der Waals surface area contributed by atoms with E-state index in [0.29, 0.717) is 25.2 Å². The van der Waals surface area contributed by atoms with Gasteiger partial charge in [0.05, 0.1) is 0 Å². The van der Waals surface area contributed by atoms with Gasteiger partial charge in [0.25, 0.3) is 0 Å². The van der Waals surface area contributed by atoms with Crippen LogP contribution in [0.15, 0.2) is 12.3 Å². The summed E-state index contributed by atoms with van der Waals surface area (Å²) >= 11 is 0. The van der Waals surface area contributed by atoms with Crippen molar-refractivity contribution >= 4 is 5.91 Å². The molecule has 0 aliphatic rings. The lowest BCUT2D eigenvalue weighted by Crippen LogP contribution is -2.24. The van der Waals surface area contributed by atoms with Gasteiger partial charge in [-0.05, 0) is 11.6 Å². The van der Waals surface area contributed by atoms with Crippen molar-refractivity contribution in [2.75, 3.05) is 13.6 Å². The number of hydrogen-bond donors (Lipinski definition) is 2. The minimum absolute atomic E-state index is 0.0262. The molecule has 1 aromatic rings. The Labute approximate surface area is 95.1 Å². The van der Waals surface area contributed by atoms with Crippen LogP contribution in [0.25, 0.3) is 0 Å². The highest BCUT2D eigenvalue weighted by Crippen LogP contribution is 2.05. The molecule has 0 aliphatic heterocycles. The first-order chi connectivity index (χ1) is 7.67. The molecule has 5 nitrogen and oxygen atoms in total. The summed E-state index contributed by atoms with van der Waals surface area (Å²) in [6.45, 7) is 1.31. The topological polar surface area (TPSA) is 69.8 Å². The van der Waals surface area contributed by atoms with Gasteiger partial charge in [0.1, 0.15) is 11.8 Å². The van der Waals surface area contributed by atoms with Gasteiger partial charge in [0, 0.05) is 39.8 Å². The molecule has 0 aliphatic carbocycles. The standard InChI is InChI=1S/C11H16N4O/c1-13-11(16)3-4-14-7-9-5-10(6-12)15(2)8-9/h5,8,14H,3-4,7H2,1-2H3,(H,13,16). The van der Waals surface area contributed by atoms with Gasteiger partial charge in [-0.25, -0.2) is 0 Å². The minimum atomic E-state index is 0.0262. The molecule has 0 saturated heterocycles. The van der Waals surface area contributed by atoms with E-state index in [1.807, 2.05) is 19.3 Å². The van der Waals surface area contributed by atoms with Crippen LogP contribution in [0.5, 0.6) is 0 Å². The maximum atomic E-state index is 10.9. The lowest BCUT2D eigenvalue weighted by Gasteiger charge is -2.01. The number of aryl methyl sites for hydroxylation is 1. The van der Waals surface area contributed by atoms with Crippen molar-refractivity contribution in [1.29, 1.82) is 5.26 Å². The van der Waals surface area contributed by atoms with E-state index in [2.05, 4.69) is 16.7 Å². The SMILES string of the molecule is CNC(=O)CCNCc1cc(C#N)n(C)c1. The van der Waals surface area contributed by atoms with Crippen LogP contribution in [-0.2, 0) is 18.4 Å². The van der Waals surface area contributed by atoms with Gasteiger partial charge in [0.2, 0.25) is 5.91 Å². The van der Waals surface area contributed by atoms with E-state index in [0.717, 1.165) is 5.56 Å². The first kappa shape index (κ1) is 12.3. The fourth-order valence-electron chi connectivity index (χ4n) is 1.40. The van der Waals surface area contributed by atoms with E-state index in [4.69, 9.17) is 5.26 Å². The van der Waals surface area contributed by atoms with Crippen LogP contribution in [0.1, 0.15) is 17.7 Å². The average molecular weight is 220 g/mol. The number of hydrogen-bond acceptors (Lipinski definition) is 3. The highest BCUT2D eigenvalue weighted by atomic mass is 16.1. The maximum absolute atomic E-state index is 10.9. The smallest absolute Gasteiger partial charge is 0.221 e. The van der Waals surface area contributed by atoms with Crippen LogP contribution in [0.2, 0.25) is 0 Å². The molecule has 1 amide bonds. The van der Waals surface area contributed by atoms with E-state index < -0.39 is 0 Å². The number of carbonyl (C=O) groups is 1. The molecule has 2 N–H and O–H groups in total. The molecule has 0 bridgehead atoms. The maximum Gasteiger partial charge on any atom is 0.221 e. The Morgan fingerprint density at radius 1 is 1.62 bits per heavy atom. The fourth-order valence-corrected chi connectivity index (χ4v) is 1.40. The summed E-state index contributed by atoms with van der Waals surface area (Å²) in [6, 6.07) is 3.94. The molecule has 0 atom stereocenters. The van der Waals surface area contributed by atoms with E-state index in [1.54, 1.807) is 11.6 Å². The molecular weight excluding hydrogens is 204 g/mol. The van der Waals surface area contributed by atoms with Gasteiger partial charge >= 0.3 is 0 Å². The first-order valence-electron chi connectivity index (χ1n) is 5.14. The summed E-state index contributed by atoms with van der Waals surface area (Å²) in [5, 5.41) is 14.5. The third kappa shape index (κ3) is 3.41. The molecule has 0 fully saturated rings. The van der Waals surface area contributed by atoms with E-state index in [9.17, 15) is 4.79 Å². The lowest BCUT2D eigenvalue weighted by atomic mass is 10.3. The van der Waals surface area contributed by atoms with E-state index >= 15 is 0 Å². The molecule has 5 heteroatoms. The van der Waals surface area contributed by atoms with Crippen LogP contribution in [-0.4, -0.2) is 24.1 Å². The average Bonchev–Trinajstić information content (AvgIpc) is 2.64. The second-order valence-corrected chi connectivity index (χ2v) is 3.56. The monoisotopic (exact) mass is 220 g/mol. The van der Waals surface area contributed by atoms with Crippen LogP contribution >= 0.6 is 0 Å². The lowest BCUT2D eigenvalue weighted by molar-refractivity contribution is -0.120. The Morgan fingerprint density at radius 2 is 2.38 bits per heavy atom. The minimum Gasteiger partial charge on any atom is -0.359 e. The molecule has 0 unspecified atom stereocenters. The number of nitrogens with zero attached hydrogens (tertiary/aromatic N) is 2. The van der Waals surface area contributed by atoms with Crippen molar-refractivity contribution in [1.82, 2.24) is 15.2 Å². The molecule has 86 valence electrons. The number of nitriles is 1. The first-order valence-corrected chi connectivity index (χ1v) is 5.14. The van der Waals surface area contributed by atoms with Crippen molar-refractivity contribution in [2.45, 2.75) is 13.0 Å². The van der Waals surface area contributed by atoms with Crippen LogP contribution in [0.3, 0.4) is 0 Å². The summed E-state index contributed by atoms with van der Waals surface area (Å²) in [6.07, 6.45) is 2.37. The Hall–Kier alpha value is -1.80. The summed E-state index contributed by atoms with van der Waals surface area (Å²) in [4.78, 5) is 10.9. The van der Waals surface area contributed by atoms with Gasteiger partial charge in [-0.15, -0.1) is 0 Å². The van der Waals surface area contributed by atoms with Crippen LogP contribution in [0, 0.1) is 11.3 Å². The second kappa shape index (κ2) is 5.93. The van der Waals surface area contributed by atoms with Crippen molar-refractivity contribution in [3.8, 4) is 6.07 Å². The van der Waals surface area contributed by atoms with E-state index in [-0.39, 0.29) is 5.91 Å². The number of rotatable bonds is 5. The largest absolute Gasteiger partial charge is 0.359 e. The molecule has 1 heterocycles. The zero-order chi connectivity index (χ0) is 12.0. The molecule has 0 radical (unpaired) electrons. The molecule has 16 heavy (non-hydrogen) atoms. The van der Waals surface area contributed by atoms with Crippen molar-refractivity contribution in [3.63, 3.8) is 0 Å². The zero-order valence-electron chi connectivity index (χ0n) is 9.58. The third-order valence-electron chi connectivity index (χ3n) is 2.31. The van der Waals surface area contributed by atoms with Crippen LogP contribution < -0.4 is 10.6 Å². The normalized spacial score (nSPS) is 9.81. The summed E-state index contributed by atoms with van der Waals surface area (Å²) in [7, 11) is 3.46. The Bertz CT molecular complexity index is 403. The number of aromatic nitrogens is 1. The Morgan fingerprint density at radius 3 is 2.94 bits per heavy atom. The fraction of sp³-hybridized carbons (Fsp3) is 0.455. The van der Waals surface area contributed by atoms with Gasteiger partial charge in [-0.2, -0.15) is 5.26 Å². The number of nitrogens with one attached hydrogen (secondary N) is 2. The quantitative estimate of drug-likeness (QED) is 0.693. The predicted octanol–water partition coefficient (Wildman–Crippen LogP) is 0.122. The third-order valence-corrected chi connectivity index (χ3v) is 2.31. The highest BCUT2D eigenvalue weighted by molar-refractivity contribution is 5.75. The van der Waals surface area contributed by atoms with E-state index in [1.165, 1.54) is 0 Å². The predicted molar refractivity (Wildman–Crippen MR) is 60.5 cm³/mol. The summed E-state index contributed by atoms with van der Waals surface area (Å²) in [5.41, 5.74) is 1.69. The van der Waals surface area contributed by atoms with Gasteiger partial charge < -0.3 is 15.2 Å². The number of carbonyl (C=O) groups excluding carboxylic acids is 1.